The van der Waals surface area contributed by atoms with Gasteiger partial charge in [-0.15, -0.1) is 16.4 Å². The fourth-order valence-electron chi connectivity index (χ4n) is 2.92. The molecule has 0 spiro atoms. The Morgan fingerprint density at radius 1 is 1.35 bits per heavy atom. The number of thiazole rings is 1. The lowest BCUT2D eigenvalue weighted by Crippen LogP contribution is -2.08. The Balaban J connectivity index is 1.48. The van der Waals surface area contributed by atoms with Crippen molar-refractivity contribution in [3.63, 3.8) is 0 Å². The van der Waals surface area contributed by atoms with E-state index >= 15 is 0 Å². The SMILES string of the molecule is Cc1cn2c(CNc3ccc(C4CCOC4)nn3)c(C)nc2s1. The normalized spacial score (nSPS) is 17.9. The van der Waals surface area contributed by atoms with Gasteiger partial charge in [0.2, 0.25) is 0 Å². The van der Waals surface area contributed by atoms with Gasteiger partial charge in [0.05, 0.1) is 30.2 Å². The molecule has 0 saturated carbocycles. The Morgan fingerprint density at radius 3 is 3.00 bits per heavy atom. The fraction of sp³-hybridized carbons (Fsp3) is 0.438. The van der Waals surface area contributed by atoms with Crippen LogP contribution in [-0.2, 0) is 11.3 Å². The smallest absolute Gasteiger partial charge is 0.194 e. The van der Waals surface area contributed by atoms with Gasteiger partial charge in [-0.1, -0.05) is 0 Å². The van der Waals surface area contributed by atoms with Crippen LogP contribution < -0.4 is 5.32 Å². The molecule has 23 heavy (non-hydrogen) atoms. The van der Waals surface area contributed by atoms with Crippen molar-refractivity contribution < 1.29 is 4.74 Å². The Morgan fingerprint density at radius 2 is 2.26 bits per heavy atom. The van der Waals surface area contributed by atoms with Gasteiger partial charge in [0.1, 0.15) is 5.82 Å². The van der Waals surface area contributed by atoms with Crippen molar-refractivity contribution in [3.8, 4) is 0 Å². The second-order valence-corrected chi connectivity index (χ2v) is 7.11. The molecule has 1 aliphatic heterocycles. The summed E-state index contributed by atoms with van der Waals surface area (Å²) in [5.74, 6) is 1.18. The minimum atomic E-state index is 0.391. The molecule has 1 N–H and O–H groups in total. The second kappa shape index (κ2) is 5.90. The van der Waals surface area contributed by atoms with E-state index in [1.165, 1.54) is 10.6 Å². The van der Waals surface area contributed by atoms with Crippen LogP contribution in [0.25, 0.3) is 4.96 Å². The molecule has 1 unspecified atom stereocenters. The van der Waals surface area contributed by atoms with Gasteiger partial charge in [-0.2, -0.15) is 5.10 Å². The minimum Gasteiger partial charge on any atom is -0.381 e. The largest absolute Gasteiger partial charge is 0.381 e. The monoisotopic (exact) mass is 329 g/mol. The summed E-state index contributed by atoms with van der Waals surface area (Å²) in [4.78, 5) is 6.91. The highest BCUT2D eigenvalue weighted by Crippen LogP contribution is 2.24. The lowest BCUT2D eigenvalue weighted by Gasteiger charge is -2.08. The molecule has 0 aliphatic carbocycles. The number of imidazole rings is 1. The molecule has 4 rings (SSSR count). The molecule has 0 radical (unpaired) electrons. The first-order valence-electron chi connectivity index (χ1n) is 7.80. The van der Waals surface area contributed by atoms with Crippen LogP contribution in [0.2, 0.25) is 0 Å². The van der Waals surface area contributed by atoms with Gasteiger partial charge in [0.15, 0.2) is 4.96 Å². The Bertz CT molecular complexity index is 817. The number of hydrogen-bond donors (Lipinski definition) is 1. The molecule has 4 heterocycles. The predicted molar refractivity (Wildman–Crippen MR) is 90.1 cm³/mol. The van der Waals surface area contributed by atoms with Gasteiger partial charge in [-0.3, -0.25) is 4.40 Å². The van der Waals surface area contributed by atoms with Crippen LogP contribution in [0.5, 0.6) is 0 Å². The van der Waals surface area contributed by atoms with Gasteiger partial charge < -0.3 is 10.1 Å². The van der Waals surface area contributed by atoms with E-state index in [4.69, 9.17) is 4.74 Å². The van der Waals surface area contributed by atoms with Gasteiger partial charge in [0.25, 0.3) is 0 Å². The summed E-state index contributed by atoms with van der Waals surface area (Å²) in [5.41, 5.74) is 3.24. The van der Waals surface area contributed by atoms with Gasteiger partial charge in [0, 0.05) is 23.6 Å². The average molecular weight is 329 g/mol. The molecule has 3 aromatic heterocycles. The lowest BCUT2D eigenvalue weighted by atomic mass is 10.1. The number of hydrogen-bond acceptors (Lipinski definition) is 6. The summed E-state index contributed by atoms with van der Waals surface area (Å²) in [5, 5.41) is 12.0. The first-order valence-corrected chi connectivity index (χ1v) is 8.61. The van der Waals surface area contributed by atoms with Crippen LogP contribution in [-0.4, -0.2) is 32.8 Å². The molecule has 120 valence electrons. The third-order valence-electron chi connectivity index (χ3n) is 4.21. The number of rotatable bonds is 4. The summed E-state index contributed by atoms with van der Waals surface area (Å²) in [6.07, 6.45) is 3.16. The van der Waals surface area contributed by atoms with Crippen molar-refractivity contribution in [1.82, 2.24) is 19.6 Å². The van der Waals surface area contributed by atoms with Crippen LogP contribution in [0.4, 0.5) is 5.82 Å². The van der Waals surface area contributed by atoms with E-state index in [9.17, 15) is 0 Å². The van der Waals surface area contributed by atoms with Crippen LogP contribution >= 0.6 is 11.3 Å². The number of aromatic nitrogens is 4. The number of nitrogens with one attached hydrogen (secondary N) is 1. The maximum Gasteiger partial charge on any atom is 0.194 e. The number of anilines is 1. The zero-order valence-corrected chi connectivity index (χ0v) is 14.1. The molecule has 0 aromatic carbocycles. The highest BCUT2D eigenvalue weighted by molar-refractivity contribution is 7.17. The number of ether oxygens (including phenoxy) is 1. The summed E-state index contributed by atoms with van der Waals surface area (Å²) in [6.45, 7) is 6.41. The Labute approximate surface area is 138 Å². The molecule has 6 nitrogen and oxygen atoms in total. The van der Waals surface area contributed by atoms with E-state index < -0.39 is 0 Å². The first kappa shape index (κ1) is 14.6. The molecule has 0 amide bonds. The number of aryl methyl sites for hydroxylation is 2. The van der Waals surface area contributed by atoms with Crippen molar-refractivity contribution in [1.29, 1.82) is 0 Å². The van der Waals surface area contributed by atoms with E-state index in [1.807, 2.05) is 19.1 Å². The van der Waals surface area contributed by atoms with Crippen LogP contribution in [0.15, 0.2) is 18.3 Å². The molecule has 7 heteroatoms. The van der Waals surface area contributed by atoms with Crippen molar-refractivity contribution in [2.45, 2.75) is 32.7 Å². The van der Waals surface area contributed by atoms with E-state index in [0.717, 1.165) is 41.8 Å². The Kier molecular flexibility index (Phi) is 3.74. The van der Waals surface area contributed by atoms with E-state index in [1.54, 1.807) is 11.3 Å². The standard InChI is InChI=1S/C16H19N5OS/c1-10-8-21-14(11(2)18-16(21)23-10)7-17-15-4-3-13(19-20-15)12-5-6-22-9-12/h3-4,8,12H,5-7,9H2,1-2H3,(H,17,20). The molecule has 0 bridgehead atoms. The molecular weight excluding hydrogens is 310 g/mol. The summed E-state index contributed by atoms with van der Waals surface area (Å²) < 4.78 is 7.55. The maximum absolute atomic E-state index is 5.40. The zero-order chi connectivity index (χ0) is 15.8. The van der Waals surface area contributed by atoms with Crippen molar-refractivity contribution in [3.05, 3.63) is 40.3 Å². The first-order chi connectivity index (χ1) is 11.2. The quantitative estimate of drug-likeness (QED) is 0.797. The average Bonchev–Trinajstić information content (AvgIpc) is 3.23. The summed E-state index contributed by atoms with van der Waals surface area (Å²) in [6, 6.07) is 4.04. The van der Waals surface area contributed by atoms with Gasteiger partial charge in [-0.05, 0) is 32.4 Å². The molecule has 1 fully saturated rings. The molecular formula is C16H19N5OS. The molecule has 1 atom stereocenters. The van der Waals surface area contributed by atoms with Crippen LogP contribution in [0.1, 0.15) is 34.3 Å². The Hall–Kier alpha value is -1.99. The number of fused-ring (bicyclic) bond motifs is 1. The third kappa shape index (κ3) is 2.82. The summed E-state index contributed by atoms with van der Waals surface area (Å²) >= 11 is 1.71. The third-order valence-corrected chi connectivity index (χ3v) is 5.11. The van der Waals surface area contributed by atoms with Crippen molar-refractivity contribution >= 4 is 22.1 Å². The van der Waals surface area contributed by atoms with Crippen LogP contribution in [0.3, 0.4) is 0 Å². The summed E-state index contributed by atoms with van der Waals surface area (Å²) in [7, 11) is 0. The highest BCUT2D eigenvalue weighted by Gasteiger charge is 2.19. The fourth-order valence-corrected chi connectivity index (χ4v) is 3.81. The van der Waals surface area contributed by atoms with Crippen molar-refractivity contribution in [2.24, 2.45) is 0 Å². The zero-order valence-electron chi connectivity index (χ0n) is 13.2. The van der Waals surface area contributed by atoms with Gasteiger partial charge >= 0.3 is 0 Å². The topological polar surface area (TPSA) is 64.3 Å². The molecule has 1 saturated heterocycles. The van der Waals surface area contributed by atoms with Crippen LogP contribution in [0, 0.1) is 13.8 Å². The number of nitrogens with zero attached hydrogens (tertiary/aromatic N) is 4. The minimum absolute atomic E-state index is 0.391. The maximum atomic E-state index is 5.40. The predicted octanol–water partition coefficient (Wildman–Crippen LogP) is 2.92. The molecule has 3 aromatic rings. The van der Waals surface area contributed by atoms with E-state index in [2.05, 4.69) is 38.0 Å². The second-order valence-electron chi connectivity index (χ2n) is 5.90. The lowest BCUT2D eigenvalue weighted by molar-refractivity contribution is 0.193. The van der Waals surface area contributed by atoms with Crippen molar-refractivity contribution in [2.75, 3.05) is 18.5 Å². The van der Waals surface area contributed by atoms with E-state index in [0.29, 0.717) is 12.5 Å². The highest BCUT2D eigenvalue weighted by atomic mass is 32.1. The molecule has 1 aliphatic rings. The van der Waals surface area contributed by atoms with Gasteiger partial charge in [-0.25, -0.2) is 4.98 Å². The van der Waals surface area contributed by atoms with E-state index in [-0.39, 0.29) is 0 Å².